The molecule has 2 heterocycles. The molecule has 1 fully saturated rings. The van der Waals surface area contributed by atoms with Crippen molar-refractivity contribution in [3.63, 3.8) is 0 Å². The number of anilines is 1. The van der Waals surface area contributed by atoms with Crippen LogP contribution in [0.1, 0.15) is 40.0 Å². The molecule has 0 spiro atoms. The molecule has 0 aliphatic carbocycles. The predicted octanol–water partition coefficient (Wildman–Crippen LogP) is 1.88. The number of carbonyl (C=O) groups is 2. The summed E-state index contributed by atoms with van der Waals surface area (Å²) in [5.74, 6) is -0.671. The summed E-state index contributed by atoms with van der Waals surface area (Å²) in [6, 6.07) is 10.2. The summed E-state index contributed by atoms with van der Waals surface area (Å²) in [6.45, 7) is 4.34. The topological polar surface area (TPSA) is 113 Å². The molecule has 1 saturated heterocycles. The van der Waals surface area contributed by atoms with E-state index in [0.29, 0.717) is 29.1 Å². The van der Waals surface area contributed by atoms with Crippen LogP contribution in [0, 0.1) is 25.2 Å². The first-order chi connectivity index (χ1) is 14.4. The highest BCUT2D eigenvalue weighted by Crippen LogP contribution is 2.13. The summed E-state index contributed by atoms with van der Waals surface area (Å²) in [6.07, 6.45) is 1.98. The molecule has 0 saturated carbocycles. The van der Waals surface area contributed by atoms with E-state index in [-0.39, 0.29) is 24.1 Å². The first-order valence-corrected chi connectivity index (χ1v) is 9.80. The van der Waals surface area contributed by atoms with Gasteiger partial charge in [0.25, 0.3) is 11.5 Å². The standard InChI is InChI=1S/C22H24N4O4/c1-14-9-15(2)26(22(29)19(14)11-23)13-20(27)25-17-6-3-5-16(10-17)21(28)24-12-18-7-4-8-30-18/h3,5-6,9-10,18H,4,7-8,12-13H2,1-2H3,(H,24,28)(H,25,27)/t18-/m0/s1. The smallest absolute Gasteiger partial charge is 0.269 e. The van der Waals surface area contributed by atoms with E-state index in [0.717, 1.165) is 19.4 Å². The van der Waals surface area contributed by atoms with Crippen molar-refractivity contribution in [3.05, 3.63) is 63.1 Å². The van der Waals surface area contributed by atoms with Gasteiger partial charge in [-0.1, -0.05) is 6.07 Å². The molecule has 2 aromatic rings. The van der Waals surface area contributed by atoms with E-state index >= 15 is 0 Å². The summed E-state index contributed by atoms with van der Waals surface area (Å²) < 4.78 is 6.76. The third-order valence-electron chi connectivity index (χ3n) is 5.04. The molecule has 1 aliphatic heterocycles. The number of rotatable bonds is 6. The first kappa shape index (κ1) is 21.3. The van der Waals surface area contributed by atoms with Crippen LogP contribution in [-0.2, 0) is 16.1 Å². The molecule has 0 bridgehead atoms. The lowest BCUT2D eigenvalue weighted by atomic mass is 10.1. The lowest BCUT2D eigenvalue weighted by Crippen LogP contribution is -2.32. The SMILES string of the molecule is Cc1cc(C)n(CC(=O)Nc2cccc(C(=O)NC[C@@H]3CCCO3)c2)c(=O)c1C#N. The molecule has 1 aromatic heterocycles. The Hall–Kier alpha value is -3.44. The normalized spacial score (nSPS) is 15.4. The fourth-order valence-electron chi connectivity index (χ4n) is 3.46. The van der Waals surface area contributed by atoms with E-state index < -0.39 is 11.5 Å². The number of aryl methyl sites for hydroxylation is 2. The highest BCUT2D eigenvalue weighted by Gasteiger charge is 2.17. The third-order valence-corrected chi connectivity index (χ3v) is 5.04. The first-order valence-electron chi connectivity index (χ1n) is 9.80. The van der Waals surface area contributed by atoms with E-state index in [1.165, 1.54) is 4.57 Å². The maximum absolute atomic E-state index is 12.5. The number of ether oxygens (including phenoxy) is 1. The van der Waals surface area contributed by atoms with Gasteiger partial charge in [0.2, 0.25) is 5.91 Å². The fraction of sp³-hybridized carbons (Fsp3) is 0.364. The average molecular weight is 408 g/mol. The van der Waals surface area contributed by atoms with Crippen LogP contribution < -0.4 is 16.2 Å². The molecular weight excluding hydrogens is 384 g/mol. The predicted molar refractivity (Wildman–Crippen MR) is 111 cm³/mol. The number of carbonyl (C=O) groups excluding carboxylic acids is 2. The van der Waals surface area contributed by atoms with Crippen molar-refractivity contribution in [2.75, 3.05) is 18.5 Å². The number of benzene rings is 1. The molecule has 1 atom stereocenters. The minimum Gasteiger partial charge on any atom is -0.376 e. The maximum Gasteiger partial charge on any atom is 0.269 e. The number of nitrogens with one attached hydrogen (secondary N) is 2. The summed E-state index contributed by atoms with van der Waals surface area (Å²) in [5, 5.41) is 14.7. The van der Waals surface area contributed by atoms with E-state index in [1.807, 2.05) is 6.07 Å². The zero-order valence-electron chi connectivity index (χ0n) is 17.0. The van der Waals surface area contributed by atoms with Crippen LogP contribution in [0.2, 0.25) is 0 Å². The van der Waals surface area contributed by atoms with Crippen LogP contribution in [0.5, 0.6) is 0 Å². The van der Waals surface area contributed by atoms with Crippen molar-refractivity contribution < 1.29 is 14.3 Å². The molecule has 8 nitrogen and oxygen atoms in total. The highest BCUT2D eigenvalue weighted by atomic mass is 16.5. The number of amides is 2. The van der Waals surface area contributed by atoms with Gasteiger partial charge in [0.15, 0.2) is 0 Å². The number of hydrogen-bond donors (Lipinski definition) is 2. The third kappa shape index (κ3) is 4.93. The van der Waals surface area contributed by atoms with Crippen molar-refractivity contribution in [2.45, 2.75) is 39.3 Å². The molecule has 156 valence electrons. The maximum atomic E-state index is 12.5. The molecule has 1 aliphatic rings. The van der Waals surface area contributed by atoms with Crippen molar-refractivity contribution in [1.82, 2.24) is 9.88 Å². The zero-order valence-corrected chi connectivity index (χ0v) is 17.0. The number of nitriles is 1. The Kier molecular flexibility index (Phi) is 6.65. The van der Waals surface area contributed by atoms with Crippen LogP contribution in [0.25, 0.3) is 0 Å². The van der Waals surface area contributed by atoms with Gasteiger partial charge >= 0.3 is 0 Å². The van der Waals surface area contributed by atoms with Gasteiger partial charge in [-0.05, 0) is 56.5 Å². The van der Waals surface area contributed by atoms with Crippen molar-refractivity contribution in [1.29, 1.82) is 5.26 Å². The van der Waals surface area contributed by atoms with E-state index in [4.69, 9.17) is 10.00 Å². The van der Waals surface area contributed by atoms with Crippen LogP contribution in [0.4, 0.5) is 5.69 Å². The van der Waals surface area contributed by atoms with Gasteiger partial charge in [-0.15, -0.1) is 0 Å². The lowest BCUT2D eigenvalue weighted by molar-refractivity contribution is -0.116. The minimum absolute atomic E-state index is 0.0262. The van der Waals surface area contributed by atoms with Gasteiger partial charge in [-0.2, -0.15) is 5.26 Å². The van der Waals surface area contributed by atoms with E-state index in [1.54, 1.807) is 44.2 Å². The Labute approximate surface area is 174 Å². The number of hydrogen-bond acceptors (Lipinski definition) is 5. The fourth-order valence-corrected chi connectivity index (χ4v) is 3.46. The number of pyridine rings is 1. The quantitative estimate of drug-likeness (QED) is 0.758. The van der Waals surface area contributed by atoms with E-state index in [2.05, 4.69) is 10.6 Å². The van der Waals surface area contributed by atoms with Crippen LogP contribution >= 0.6 is 0 Å². The van der Waals surface area contributed by atoms with Gasteiger partial charge in [0.05, 0.1) is 6.10 Å². The number of nitrogens with zero attached hydrogens (tertiary/aromatic N) is 2. The second-order valence-electron chi connectivity index (χ2n) is 7.32. The molecular formula is C22H24N4O4. The van der Waals surface area contributed by atoms with Crippen molar-refractivity contribution in [2.24, 2.45) is 0 Å². The van der Waals surface area contributed by atoms with Crippen molar-refractivity contribution in [3.8, 4) is 6.07 Å². The lowest BCUT2D eigenvalue weighted by Gasteiger charge is -2.13. The molecule has 8 heteroatoms. The Balaban J connectivity index is 1.66. The molecule has 2 N–H and O–H groups in total. The Morgan fingerprint density at radius 1 is 1.30 bits per heavy atom. The monoisotopic (exact) mass is 408 g/mol. The average Bonchev–Trinajstić information content (AvgIpc) is 3.23. The minimum atomic E-state index is -0.493. The molecule has 3 rings (SSSR count). The molecule has 2 amide bonds. The van der Waals surface area contributed by atoms with Crippen molar-refractivity contribution >= 4 is 17.5 Å². The Morgan fingerprint density at radius 3 is 2.80 bits per heavy atom. The largest absolute Gasteiger partial charge is 0.376 e. The molecule has 0 unspecified atom stereocenters. The van der Waals surface area contributed by atoms with Gasteiger partial charge in [0.1, 0.15) is 18.2 Å². The van der Waals surface area contributed by atoms with Gasteiger partial charge in [-0.25, -0.2) is 0 Å². The molecule has 30 heavy (non-hydrogen) atoms. The Bertz CT molecular complexity index is 1060. The second kappa shape index (κ2) is 9.37. The summed E-state index contributed by atoms with van der Waals surface area (Å²) >= 11 is 0. The highest BCUT2D eigenvalue weighted by molar-refractivity contribution is 5.97. The summed E-state index contributed by atoms with van der Waals surface area (Å²) in [4.78, 5) is 37.3. The summed E-state index contributed by atoms with van der Waals surface area (Å²) in [7, 11) is 0. The van der Waals surface area contributed by atoms with Crippen LogP contribution in [0.3, 0.4) is 0 Å². The van der Waals surface area contributed by atoms with Gasteiger partial charge in [-0.3, -0.25) is 14.4 Å². The second-order valence-corrected chi connectivity index (χ2v) is 7.32. The van der Waals surface area contributed by atoms with Crippen LogP contribution in [-0.4, -0.2) is 35.6 Å². The summed E-state index contributed by atoms with van der Waals surface area (Å²) in [5.41, 5.74) is 1.57. The molecule has 1 aromatic carbocycles. The molecule has 0 radical (unpaired) electrons. The van der Waals surface area contributed by atoms with Crippen LogP contribution in [0.15, 0.2) is 35.1 Å². The Morgan fingerprint density at radius 2 is 2.10 bits per heavy atom. The van der Waals surface area contributed by atoms with Gasteiger partial charge < -0.3 is 19.9 Å². The van der Waals surface area contributed by atoms with E-state index in [9.17, 15) is 14.4 Å². The number of aromatic nitrogens is 1. The van der Waals surface area contributed by atoms with Gasteiger partial charge in [0, 0.05) is 30.1 Å². The zero-order chi connectivity index (χ0) is 21.7.